The Morgan fingerprint density at radius 1 is 1.32 bits per heavy atom. The Morgan fingerprint density at radius 3 is 2.58 bits per heavy atom. The number of hydrogen-bond donors (Lipinski definition) is 0. The number of carbonyl (C=O) groups excluding carboxylic acids is 1. The van der Waals surface area contributed by atoms with E-state index < -0.39 is 0 Å². The fourth-order valence-corrected chi connectivity index (χ4v) is 3.10. The van der Waals surface area contributed by atoms with E-state index in [0.29, 0.717) is 6.04 Å². The number of ketones is 1. The minimum absolute atomic E-state index is 0.0138. The fraction of sp³-hybridized carbons (Fsp3) is 0.588. The zero-order valence-corrected chi connectivity index (χ0v) is 12.4. The molecule has 1 fully saturated rings. The van der Waals surface area contributed by atoms with Crippen molar-refractivity contribution in [3.8, 4) is 0 Å². The topological polar surface area (TPSA) is 20.3 Å². The van der Waals surface area contributed by atoms with E-state index in [2.05, 4.69) is 37.8 Å². The van der Waals surface area contributed by atoms with Crippen LogP contribution in [0.5, 0.6) is 0 Å². The van der Waals surface area contributed by atoms with Crippen LogP contribution in [-0.4, -0.2) is 29.3 Å². The molecule has 1 aliphatic rings. The third-order valence-corrected chi connectivity index (χ3v) is 4.42. The predicted octanol–water partition coefficient (Wildman–Crippen LogP) is 3.69. The lowest BCUT2D eigenvalue weighted by Crippen LogP contribution is -2.41. The standard InChI is InChI=1S/C17H25NO/c1-4-14-8-10-15(11-9-14)17(19)13(3)18-12-6-7-16(18)5-2/h8-11,13,16H,4-7,12H2,1-3H3. The average Bonchev–Trinajstić information content (AvgIpc) is 2.94. The summed E-state index contributed by atoms with van der Waals surface area (Å²) in [5.74, 6) is 0.267. The molecule has 0 amide bonds. The van der Waals surface area contributed by atoms with Crippen LogP contribution < -0.4 is 0 Å². The maximum absolute atomic E-state index is 12.6. The van der Waals surface area contributed by atoms with Crippen LogP contribution >= 0.6 is 0 Å². The van der Waals surface area contributed by atoms with Gasteiger partial charge in [0.15, 0.2) is 5.78 Å². The highest BCUT2D eigenvalue weighted by atomic mass is 16.1. The van der Waals surface area contributed by atoms with E-state index in [4.69, 9.17) is 0 Å². The average molecular weight is 259 g/mol. The first kappa shape index (κ1) is 14.3. The first-order valence-corrected chi connectivity index (χ1v) is 7.56. The highest BCUT2D eigenvalue weighted by Gasteiger charge is 2.31. The zero-order valence-electron chi connectivity index (χ0n) is 12.4. The summed E-state index contributed by atoms with van der Waals surface area (Å²) in [6, 6.07) is 8.71. The molecule has 2 atom stereocenters. The summed E-state index contributed by atoms with van der Waals surface area (Å²) in [6.07, 6.45) is 4.63. The van der Waals surface area contributed by atoms with Gasteiger partial charge in [-0.3, -0.25) is 9.69 Å². The van der Waals surface area contributed by atoms with Crippen molar-refractivity contribution in [1.82, 2.24) is 4.90 Å². The van der Waals surface area contributed by atoms with Crippen LogP contribution in [-0.2, 0) is 6.42 Å². The Bertz CT molecular complexity index is 423. The molecule has 2 rings (SSSR count). The molecule has 0 radical (unpaired) electrons. The summed E-state index contributed by atoms with van der Waals surface area (Å²) in [6.45, 7) is 7.48. The van der Waals surface area contributed by atoms with Crippen LogP contribution in [0.2, 0.25) is 0 Å². The second-order valence-corrected chi connectivity index (χ2v) is 5.53. The van der Waals surface area contributed by atoms with Gasteiger partial charge in [0.2, 0.25) is 0 Å². The highest BCUT2D eigenvalue weighted by Crippen LogP contribution is 2.24. The SMILES string of the molecule is CCc1ccc(C(=O)C(C)N2CCCC2CC)cc1. The molecule has 0 aliphatic carbocycles. The first-order valence-electron chi connectivity index (χ1n) is 7.56. The zero-order chi connectivity index (χ0) is 13.8. The van der Waals surface area contributed by atoms with Gasteiger partial charge in [0.25, 0.3) is 0 Å². The van der Waals surface area contributed by atoms with E-state index in [0.717, 1.165) is 24.9 Å². The minimum atomic E-state index is 0.0138. The van der Waals surface area contributed by atoms with E-state index in [1.807, 2.05) is 12.1 Å². The van der Waals surface area contributed by atoms with Crippen molar-refractivity contribution >= 4 is 5.78 Å². The fourth-order valence-electron chi connectivity index (χ4n) is 3.10. The third-order valence-electron chi connectivity index (χ3n) is 4.42. The van der Waals surface area contributed by atoms with Gasteiger partial charge in [-0.15, -0.1) is 0 Å². The quantitative estimate of drug-likeness (QED) is 0.752. The lowest BCUT2D eigenvalue weighted by atomic mass is 10.0. The number of benzene rings is 1. The van der Waals surface area contributed by atoms with Crippen molar-refractivity contribution in [2.45, 2.75) is 58.5 Å². The van der Waals surface area contributed by atoms with Gasteiger partial charge in [-0.1, -0.05) is 38.1 Å². The predicted molar refractivity (Wildman–Crippen MR) is 79.6 cm³/mol. The molecule has 0 bridgehead atoms. The largest absolute Gasteiger partial charge is 0.292 e. The van der Waals surface area contributed by atoms with E-state index in [-0.39, 0.29) is 11.8 Å². The van der Waals surface area contributed by atoms with E-state index in [1.54, 1.807) is 0 Å². The van der Waals surface area contributed by atoms with Crippen LogP contribution in [0, 0.1) is 0 Å². The monoisotopic (exact) mass is 259 g/mol. The van der Waals surface area contributed by atoms with Gasteiger partial charge in [-0.05, 0) is 44.7 Å². The number of hydrogen-bond acceptors (Lipinski definition) is 2. The molecule has 0 N–H and O–H groups in total. The third kappa shape index (κ3) is 3.06. The summed E-state index contributed by atoms with van der Waals surface area (Å²) in [4.78, 5) is 14.9. The van der Waals surface area contributed by atoms with Gasteiger partial charge in [0.1, 0.15) is 0 Å². The second kappa shape index (κ2) is 6.33. The molecule has 1 saturated heterocycles. The number of Topliss-reactive ketones (excluding diaryl/α,β-unsaturated/α-hetero) is 1. The Labute approximate surface area is 116 Å². The molecular weight excluding hydrogens is 234 g/mol. The molecule has 19 heavy (non-hydrogen) atoms. The lowest BCUT2D eigenvalue weighted by molar-refractivity contribution is 0.0817. The van der Waals surface area contributed by atoms with Crippen molar-refractivity contribution < 1.29 is 4.79 Å². The molecule has 2 unspecified atom stereocenters. The van der Waals surface area contributed by atoms with Crippen molar-refractivity contribution in [3.05, 3.63) is 35.4 Å². The summed E-state index contributed by atoms with van der Waals surface area (Å²) in [5.41, 5.74) is 2.14. The van der Waals surface area contributed by atoms with Gasteiger partial charge < -0.3 is 0 Å². The minimum Gasteiger partial charge on any atom is -0.292 e. The van der Waals surface area contributed by atoms with Crippen molar-refractivity contribution in [2.75, 3.05) is 6.54 Å². The number of carbonyl (C=O) groups is 1. The number of rotatable bonds is 5. The molecule has 0 aromatic heterocycles. The van der Waals surface area contributed by atoms with Gasteiger partial charge >= 0.3 is 0 Å². The van der Waals surface area contributed by atoms with Crippen molar-refractivity contribution in [3.63, 3.8) is 0 Å². The van der Waals surface area contributed by atoms with Gasteiger partial charge in [-0.2, -0.15) is 0 Å². The van der Waals surface area contributed by atoms with Crippen LogP contribution in [0.15, 0.2) is 24.3 Å². The van der Waals surface area contributed by atoms with Crippen molar-refractivity contribution in [1.29, 1.82) is 0 Å². The van der Waals surface area contributed by atoms with Crippen LogP contribution in [0.4, 0.5) is 0 Å². The Kier molecular flexibility index (Phi) is 4.76. The summed E-state index contributed by atoms with van der Waals surface area (Å²) in [7, 11) is 0. The molecule has 0 saturated carbocycles. The summed E-state index contributed by atoms with van der Waals surface area (Å²) < 4.78 is 0. The number of likely N-dealkylation sites (tertiary alicyclic amines) is 1. The lowest BCUT2D eigenvalue weighted by Gasteiger charge is -2.29. The molecule has 1 heterocycles. The van der Waals surface area contributed by atoms with Crippen LogP contribution in [0.1, 0.15) is 56.0 Å². The second-order valence-electron chi connectivity index (χ2n) is 5.53. The molecule has 2 heteroatoms. The summed E-state index contributed by atoms with van der Waals surface area (Å²) >= 11 is 0. The molecular formula is C17H25NO. The highest BCUT2D eigenvalue weighted by molar-refractivity contribution is 5.99. The molecule has 2 nitrogen and oxygen atoms in total. The first-order chi connectivity index (χ1) is 9.17. The van der Waals surface area contributed by atoms with Crippen molar-refractivity contribution in [2.24, 2.45) is 0 Å². The molecule has 1 aromatic carbocycles. The molecule has 1 aromatic rings. The smallest absolute Gasteiger partial charge is 0.179 e. The molecule has 1 aliphatic heterocycles. The normalized spacial score (nSPS) is 21.5. The van der Waals surface area contributed by atoms with E-state index >= 15 is 0 Å². The van der Waals surface area contributed by atoms with Gasteiger partial charge in [-0.25, -0.2) is 0 Å². The maximum Gasteiger partial charge on any atom is 0.179 e. The number of aryl methyl sites for hydroxylation is 1. The van der Waals surface area contributed by atoms with E-state index in [1.165, 1.54) is 18.4 Å². The Balaban J connectivity index is 2.09. The number of nitrogens with zero attached hydrogens (tertiary/aromatic N) is 1. The maximum atomic E-state index is 12.6. The molecule has 104 valence electrons. The van der Waals surface area contributed by atoms with Crippen LogP contribution in [0.25, 0.3) is 0 Å². The van der Waals surface area contributed by atoms with Gasteiger partial charge in [0.05, 0.1) is 6.04 Å². The Morgan fingerprint density at radius 2 is 2.00 bits per heavy atom. The Hall–Kier alpha value is -1.15. The van der Waals surface area contributed by atoms with Gasteiger partial charge in [0, 0.05) is 11.6 Å². The summed E-state index contributed by atoms with van der Waals surface area (Å²) in [5, 5.41) is 0. The van der Waals surface area contributed by atoms with Crippen LogP contribution in [0.3, 0.4) is 0 Å². The molecule has 0 spiro atoms. The van der Waals surface area contributed by atoms with E-state index in [9.17, 15) is 4.79 Å².